The van der Waals surface area contributed by atoms with Gasteiger partial charge in [0.25, 0.3) is 0 Å². The van der Waals surface area contributed by atoms with E-state index >= 15 is 0 Å². The highest BCUT2D eigenvalue weighted by Crippen LogP contribution is 2.37. The van der Waals surface area contributed by atoms with Gasteiger partial charge in [0.1, 0.15) is 30.5 Å². The number of ether oxygens (including phenoxy) is 4. The second-order valence-corrected chi connectivity index (χ2v) is 14.3. The molecule has 0 spiro atoms. The van der Waals surface area contributed by atoms with E-state index in [0.29, 0.717) is 30.1 Å². The van der Waals surface area contributed by atoms with Crippen LogP contribution < -0.4 is 9.47 Å². The summed E-state index contributed by atoms with van der Waals surface area (Å²) in [5.41, 5.74) is 10.6. The molecule has 0 radical (unpaired) electrons. The first-order valence-corrected chi connectivity index (χ1v) is 19.7. The summed E-state index contributed by atoms with van der Waals surface area (Å²) in [5, 5.41) is 37.1. The zero-order valence-corrected chi connectivity index (χ0v) is 33.3. The maximum Gasteiger partial charge on any atom is 0.181 e. The number of hydrogen-bond acceptors (Lipinski definition) is 10. The van der Waals surface area contributed by atoms with Gasteiger partial charge in [-0.05, 0) is 83.6 Å². The van der Waals surface area contributed by atoms with E-state index in [9.17, 15) is 10.2 Å². The highest BCUT2D eigenvalue weighted by molar-refractivity contribution is 5.96. The van der Waals surface area contributed by atoms with Crippen LogP contribution in [0.25, 0.3) is 66.8 Å². The molecule has 4 N–H and O–H groups in total. The molecule has 8 aromatic rings. The summed E-state index contributed by atoms with van der Waals surface area (Å²) in [5.74, 6) is 1.54. The third-order valence-electron chi connectivity index (χ3n) is 10.7. The molecule has 4 aromatic carbocycles. The average molecular weight is 791 g/mol. The highest BCUT2D eigenvalue weighted by atomic mass is 16.7. The first-order valence-electron chi connectivity index (χ1n) is 19.7. The maximum atomic E-state index is 10.4. The van der Waals surface area contributed by atoms with Gasteiger partial charge in [0.15, 0.2) is 11.3 Å². The molecule has 59 heavy (non-hydrogen) atoms. The summed E-state index contributed by atoms with van der Waals surface area (Å²) in [7, 11) is 3.31. The summed E-state index contributed by atoms with van der Waals surface area (Å²) in [6.07, 6.45) is 3.35. The van der Waals surface area contributed by atoms with E-state index in [4.69, 9.17) is 18.9 Å². The molecule has 12 heteroatoms. The fourth-order valence-electron chi connectivity index (χ4n) is 7.51. The van der Waals surface area contributed by atoms with Gasteiger partial charge in [-0.25, -0.2) is 9.97 Å². The average Bonchev–Trinajstić information content (AvgIpc) is 4.07. The van der Waals surface area contributed by atoms with Gasteiger partial charge in [-0.3, -0.25) is 10.2 Å². The maximum absolute atomic E-state index is 10.4. The Balaban J connectivity index is 0.000000164. The Bertz CT molecular complexity index is 2690. The molecule has 4 aromatic heterocycles. The fraction of sp³-hybridized carbons (Fsp3) is 0.234. The van der Waals surface area contributed by atoms with Gasteiger partial charge in [0, 0.05) is 45.4 Å². The van der Waals surface area contributed by atoms with Gasteiger partial charge in [0.05, 0.1) is 37.8 Å². The number of aromatic amines is 2. The molecule has 0 unspecified atom stereocenters. The van der Waals surface area contributed by atoms with Crippen LogP contribution >= 0.6 is 0 Å². The Morgan fingerprint density at radius 1 is 0.661 bits per heavy atom. The minimum atomic E-state index is -0.922. The predicted molar refractivity (Wildman–Crippen MR) is 228 cm³/mol. The van der Waals surface area contributed by atoms with Gasteiger partial charge in [-0.2, -0.15) is 10.2 Å². The second-order valence-electron chi connectivity index (χ2n) is 14.3. The van der Waals surface area contributed by atoms with E-state index < -0.39 is 12.2 Å². The minimum absolute atomic E-state index is 0.0373. The van der Waals surface area contributed by atoms with Gasteiger partial charge < -0.3 is 29.2 Å². The SMILES string of the molecule is CC[C@@H]1OCO[C@H]1c1cccc(-c2cnc3n[nH]c(-c4ccccc4OC)c3c2)c1.CC[C@H](O)[C@@H](O)c1cccc(-c2cnc3n[nH]c(-c4ccccc4OC)c3c2)c1. The smallest absolute Gasteiger partial charge is 0.181 e. The minimum Gasteiger partial charge on any atom is -0.496 e. The topological polar surface area (TPSA) is 161 Å². The Labute approximate surface area is 341 Å². The van der Waals surface area contributed by atoms with Crippen LogP contribution in [0.15, 0.2) is 122 Å². The number of benzene rings is 4. The molecule has 0 bridgehead atoms. The van der Waals surface area contributed by atoms with Crippen molar-refractivity contribution in [3.8, 4) is 56.3 Å². The quantitative estimate of drug-likeness (QED) is 0.0995. The number of fused-ring (bicyclic) bond motifs is 2. The Kier molecular flexibility index (Phi) is 11.7. The number of aliphatic hydroxyl groups is 2. The molecular weight excluding hydrogens is 745 g/mol. The Morgan fingerprint density at radius 3 is 1.78 bits per heavy atom. The van der Waals surface area contributed by atoms with Crippen molar-refractivity contribution < 1.29 is 29.2 Å². The number of pyridine rings is 2. The molecule has 1 aliphatic heterocycles. The molecule has 0 saturated carbocycles. The third kappa shape index (κ3) is 8.03. The first-order chi connectivity index (χ1) is 28.9. The molecule has 1 aliphatic rings. The molecule has 4 atom stereocenters. The Hall–Kier alpha value is -6.44. The van der Waals surface area contributed by atoms with Crippen LogP contribution in [0.1, 0.15) is 50.0 Å². The summed E-state index contributed by atoms with van der Waals surface area (Å²) in [4.78, 5) is 9.07. The summed E-state index contributed by atoms with van der Waals surface area (Å²) >= 11 is 0. The molecule has 0 aliphatic carbocycles. The number of rotatable bonds is 11. The van der Waals surface area contributed by atoms with Crippen molar-refractivity contribution in [2.24, 2.45) is 0 Å². The van der Waals surface area contributed by atoms with Crippen LogP contribution in [0.3, 0.4) is 0 Å². The van der Waals surface area contributed by atoms with Crippen molar-refractivity contribution in [3.05, 3.63) is 133 Å². The van der Waals surface area contributed by atoms with Crippen molar-refractivity contribution >= 4 is 22.1 Å². The molecule has 0 amide bonds. The summed E-state index contributed by atoms with van der Waals surface area (Å²) in [6, 6.07) is 35.7. The zero-order valence-electron chi connectivity index (χ0n) is 33.3. The van der Waals surface area contributed by atoms with Crippen molar-refractivity contribution in [1.29, 1.82) is 0 Å². The van der Waals surface area contributed by atoms with Crippen LogP contribution in [-0.2, 0) is 9.47 Å². The van der Waals surface area contributed by atoms with Crippen molar-refractivity contribution in [2.75, 3.05) is 21.0 Å². The number of methoxy groups -OCH3 is 2. The second kappa shape index (κ2) is 17.6. The normalized spacial score (nSPS) is 16.1. The van der Waals surface area contributed by atoms with Gasteiger partial charge in [-0.15, -0.1) is 0 Å². The number of aromatic nitrogens is 6. The van der Waals surface area contributed by atoms with E-state index in [1.807, 2.05) is 92.0 Å². The molecule has 9 rings (SSSR count). The first kappa shape index (κ1) is 39.4. The largest absolute Gasteiger partial charge is 0.496 e. The highest BCUT2D eigenvalue weighted by Gasteiger charge is 2.29. The van der Waals surface area contributed by atoms with Crippen molar-refractivity contribution in [3.63, 3.8) is 0 Å². The van der Waals surface area contributed by atoms with E-state index in [0.717, 1.165) is 79.0 Å². The molecule has 12 nitrogen and oxygen atoms in total. The number of hydrogen-bond donors (Lipinski definition) is 4. The number of aliphatic hydroxyl groups excluding tert-OH is 2. The lowest BCUT2D eigenvalue weighted by molar-refractivity contribution is 0.0165. The summed E-state index contributed by atoms with van der Waals surface area (Å²) in [6.45, 7) is 4.30. The number of para-hydroxylation sites is 2. The van der Waals surface area contributed by atoms with E-state index in [1.54, 1.807) is 20.4 Å². The van der Waals surface area contributed by atoms with E-state index in [2.05, 4.69) is 67.6 Å². The standard InChI is InChI=1S/C24H23N3O3.C23H23N3O3/c1-3-20-23(30-14-29-20)16-8-6-7-15(11-16)17-12-19-22(26-27-24(19)25-13-17)18-9-4-5-10-21(18)28-2;1-3-19(27)22(28)15-8-6-7-14(11-15)16-12-18-21(25-26-23(18)24-13-16)17-9-4-5-10-20(17)29-2/h4-13,20,23H,3,14H2,1-2H3,(H,25,26,27);4-13,19,22,27-28H,3H2,1-2H3,(H,24,25,26)/t20-,23-;19-,22-/m00/s1. The number of H-pyrrole nitrogens is 2. The molecule has 1 saturated heterocycles. The van der Waals surface area contributed by atoms with E-state index in [-0.39, 0.29) is 12.2 Å². The molecule has 1 fully saturated rings. The van der Waals surface area contributed by atoms with Crippen LogP contribution in [0, 0.1) is 0 Å². The van der Waals surface area contributed by atoms with E-state index in [1.165, 1.54) is 0 Å². The number of nitrogens with zero attached hydrogens (tertiary/aromatic N) is 4. The fourth-order valence-corrected chi connectivity index (χ4v) is 7.51. The van der Waals surface area contributed by atoms with Gasteiger partial charge >= 0.3 is 0 Å². The van der Waals surface area contributed by atoms with Gasteiger partial charge in [0.2, 0.25) is 0 Å². The lowest BCUT2D eigenvalue weighted by Crippen LogP contribution is -2.16. The van der Waals surface area contributed by atoms with Crippen molar-refractivity contribution in [1.82, 2.24) is 30.4 Å². The van der Waals surface area contributed by atoms with Gasteiger partial charge in [-0.1, -0.05) is 74.5 Å². The monoisotopic (exact) mass is 790 g/mol. The lowest BCUT2D eigenvalue weighted by atomic mass is 9.97. The third-order valence-corrected chi connectivity index (χ3v) is 10.7. The molecular formula is C47H46N6O6. The molecule has 5 heterocycles. The molecule has 300 valence electrons. The predicted octanol–water partition coefficient (Wildman–Crippen LogP) is 9.23. The van der Waals surface area contributed by atoms with Crippen LogP contribution in [0.5, 0.6) is 11.5 Å². The van der Waals surface area contributed by atoms with Crippen LogP contribution in [0.2, 0.25) is 0 Å². The van der Waals surface area contributed by atoms with Crippen LogP contribution in [-0.4, -0.2) is 73.8 Å². The lowest BCUT2D eigenvalue weighted by Gasteiger charge is -2.17. The van der Waals surface area contributed by atoms with Crippen LogP contribution in [0.4, 0.5) is 0 Å². The summed E-state index contributed by atoms with van der Waals surface area (Å²) < 4.78 is 22.5. The Morgan fingerprint density at radius 2 is 1.22 bits per heavy atom. The zero-order chi connectivity index (χ0) is 40.9. The van der Waals surface area contributed by atoms with Crippen molar-refractivity contribution in [2.45, 2.75) is 51.1 Å². The number of nitrogens with one attached hydrogen (secondary N) is 2.